The van der Waals surface area contributed by atoms with Crippen molar-refractivity contribution in [3.8, 4) is 5.75 Å². The second kappa shape index (κ2) is 5.33. The highest BCUT2D eigenvalue weighted by atomic mass is 16.3. The molecular formula is C18H12O4. The Morgan fingerprint density at radius 3 is 2.00 bits per heavy atom. The predicted molar refractivity (Wildman–Crippen MR) is 82.1 cm³/mol. The van der Waals surface area contributed by atoms with E-state index in [-0.39, 0.29) is 16.9 Å². The van der Waals surface area contributed by atoms with Gasteiger partial charge in [0, 0.05) is 5.57 Å². The van der Waals surface area contributed by atoms with E-state index in [9.17, 15) is 19.8 Å². The third-order valence-corrected chi connectivity index (χ3v) is 3.46. The Balaban J connectivity index is 2.06. The highest BCUT2D eigenvalue weighted by Crippen LogP contribution is 2.30. The van der Waals surface area contributed by atoms with Crippen molar-refractivity contribution in [1.82, 2.24) is 0 Å². The van der Waals surface area contributed by atoms with E-state index in [1.807, 2.05) is 0 Å². The van der Waals surface area contributed by atoms with Crippen LogP contribution in [0.1, 0.15) is 11.1 Å². The van der Waals surface area contributed by atoms with Crippen LogP contribution in [0, 0.1) is 0 Å². The molecule has 2 aromatic rings. The van der Waals surface area contributed by atoms with Crippen LogP contribution in [0.25, 0.3) is 11.1 Å². The maximum absolute atomic E-state index is 12.3. The van der Waals surface area contributed by atoms with Gasteiger partial charge in [-0.2, -0.15) is 0 Å². The molecule has 0 aliphatic heterocycles. The molecule has 2 N–H and O–H groups in total. The molecule has 4 nitrogen and oxygen atoms in total. The molecule has 0 atom stereocenters. The van der Waals surface area contributed by atoms with Gasteiger partial charge in [0.15, 0.2) is 11.5 Å². The first kappa shape index (κ1) is 13.8. The quantitative estimate of drug-likeness (QED) is 0.835. The number of carbonyl (C=O) groups is 2. The summed E-state index contributed by atoms with van der Waals surface area (Å²) in [4.78, 5) is 24.7. The van der Waals surface area contributed by atoms with Gasteiger partial charge in [0.2, 0.25) is 5.78 Å². The predicted octanol–water partition coefficient (Wildman–Crippen LogP) is 2.90. The van der Waals surface area contributed by atoms with E-state index in [0.717, 1.165) is 0 Å². The fourth-order valence-corrected chi connectivity index (χ4v) is 2.37. The number of carbonyl (C=O) groups excluding carboxylic acids is 2. The van der Waals surface area contributed by atoms with Gasteiger partial charge in [0.25, 0.3) is 0 Å². The number of benzene rings is 2. The largest absolute Gasteiger partial charge is 0.508 e. The molecule has 4 heteroatoms. The molecule has 0 aromatic heterocycles. The van der Waals surface area contributed by atoms with Crippen LogP contribution in [-0.2, 0) is 9.59 Å². The van der Waals surface area contributed by atoms with E-state index in [0.29, 0.717) is 11.1 Å². The van der Waals surface area contributed by atoms with Crippen molar-refractivity contribution in [2.45, 2.75) is 0 Å². The molecule has 0 radical (unpaired) electrons. The SMILES string of the molecule is O=C1C=C(c2ccc(O)cc2)C(=O)C(O)=C1c1ccccc1. The van der Waals surface area contributed by atoms with E-state index in [1.165, 1.54) is 30.3 Å². The van der Waals surface area contributed by atoms with Gasteiger partial charge in [-0.05, 0) is 29.3 Å². The molecule has 0 saturated heterocycles. The number of aliphatic hydroxyl groups is 1. The fraction of sp³-hybridized carbons (Fsp3) is 0. The molecule has 3 rings (SSSR count). The van der Waals surface area contributed by atoms with E-state index < -0.39 is 17.3 Å². The lowest BCUT2D eigenvalue weighted by atomic mass is 9.87. The molecule has 2 aromatic carbocycles. The Labute approximate surface area is 126 Å². The number of aliphatic hydroxyl groups excluding tert-OH is 1. The van der Waals surface area contributed by atoms with Crippen LogP contribution in [-0.4, -0.2) is 21.8 Å². The van der Waals surface area contributed by atoms with Crippen LogP contribution in [0.15, 0.2) is 66.4 Å². The van der Waals surface area contributed by atoms with Crippen molar-refractivity contribution in [3.05, 3.63) is 77.6 Å². The van der Waals surface area contributed by atoms with E-state index in [4.69, 9.17) is 0 Å². The number of phenols is 1. The zero-order valence-corrected chi connectivity index (χ0v) is 11.5. The molecular weight excluding hydrogens is 280 g/mol. The first-order valence-corrected chi connectivity index (χ1v) is 6.66. The smallest absolute Gasteiger partial charge is 0.228 e. The summed E-state index contributed by atoms with van der Waals surface area (Å²) in [7, 11) is 0. The Morgan fingerprint density at radius 1 is 0.727 bits per heavy atom. The Hall–Kier alpha value is -3.14. The molecule has 22 heavy (non-hydrogen) atoms. The van der Waals surface area contributed by atoms with Crippen LogP contribution < -0.4 is 0 Å². The molecule has 108 valence electrons. The summed E-state index contributed by atoms with van der Waals surface area (Å²) in [6.45, 7) is 0. The van der Waals surface area contributed by atoms with Gasteiger partial charge in [-0.1, -0.05) is 42.5 Å². The molecule has 0 unspecified atom stereocenters. The average Bonchev–Trinajstić information content (AvgIpc) is 2.53. The topological polar surface area (TPSA) is 74.6 Å². The molecule has 0 saturated carbocycles. The van der Waals surface area contributed by atoms with Crippen molar-refractivity contribution in [3.63, 3.8) is 0 Å². The van der Waals surface area contributed by atoms with Crippen LogP contribution in [0.4, 0.5) is 0 Å². The summed E-state index contributed by atoms with van der Waals surface area (Å²) in [5, 5.41) is 19.5. The Morgan fingerprint density at radius 2 is 1.36 bits per heavy atom. The standard InChI is InChI=1S/C18H12O4/c19-13-8-6-11(7-9-13)14-10-15(20)16(18(22)17(14)21)12-4-2-1-3-5-12/h1-10,19,22H. The molecule has 0 bridgehead atoms. The lowest BCUT2D eigenvalue weighted by molar-refractivity contribution is -0.115. The lowest BCUT2D eigenvalue weighted by Gasteiger charge is -2.15. The van der Waals surface area contributed by atoms with E-state index in [1.54, 1.807) is 30.3 Å². The van der Waals surface area contributed by atoms with E-state index >= 15 is 0 Å². The van der Waals surface area contributed by atoms with Gasteiger partial charge in [0.1, 0.15) is 5.75 Å². The highest BCUT2D eigenvalue weighted by molar-refractivity contribution is 6.45. The third-order valence-electron chi connectivity index (χ3n) is 3.46. The molecule has 1 aliphatic rings. The zero-order valence-electron chi connectivity index (χ0n) is 11.5. The van der Waals surface area contributed by atoms with Gasteiger partial charge in [-0.3, -0.25) is 9.59 Å². The summed E-state index contributed by atoms with van der Waals surface area (Å²) in [6.07, 6.45) is 1.22. The van der Waals surface area contributed by atoms with Crippen LogP contribution in [0.3, 0.4) is 0 Å². The van der Waals surface area contributed by atoms with Gasteiger partial charge < -0.3 is 10.2 Å². The van der Waals surface area contributed by atoms with Crippen molar-refractivity contribution < 1.29 is 19.8 Å². The summed E-state index contributed by atoms with van der Waals surface area (Å²) >= 11 is 0. The van der Waals surface area contributed by atoms with Crippen LogP contribution in [0.5, 0.6) is 5.75 Å². The summed E-state index contributed by atoms with van der Waals surface area (Å²) in [5.74, 6) is -1.53. The number of ketones is 2. The molecule has 0 amide bonds. The van der Waals surface area contributed by atoms with Gasteiger partial charge in [-0.15, -0.1) is 0 Å². The average molecular weight is 292 g/mol. The monoisotopic (exact) mass is 292 g/mol. The summed E-state index contributed by atoms with van der Waals surface area (Å²) in [5.41, 5.74) is 1.09. The number of Topliss-reactive ketones (excluding diaryl/α,β-unsaturated/α-hetero) is 1. The molecule has 1 aliphatic carbocycles. The number of aromatic hydroxyl groups is 1. The van der Waals surface area contributed by atoms with Gasteiger partial charge in [-0.25, -0.2) is 0 Å². The number of hydrogen-bond acceptors (Lipinski definition) is 4. The van der Waals surface area contributed by atoms with Crippen LogP contribution >= 0.6 is 0 Å². The first-order chi connectivity index (χ1) is 10.6. The summed E-state index contributed by atoms with van der Waals surface area (Å²) in [6, 6.07) is 14.4. The Kier molecular flexibility index (Phi) is 3.35. The molecule has 0 heterocycles. The molecule has 0 spiro atoms. The number of allylic oxidation sites excluding steroid dienone is 3. The zero-order chi connectivity index (χ0) is 15.7. The van der Waals surface area contributed by atoms with Crippen molar-refractivity contribution in [2.24, 2.45) is 0 Å². The van der Waals surface area contributed by atoms with Crippen molar-refractivity contribution >= 4 is 22.7 Å². The second-order valence-corrected chi connectivity index (χ2v) is 4.89. The second-order valence-electron chi connectivity index (χ2n) is 4.89. The fourth-order valence-electron chi connectivity index (χ4n) is 2.37. The normalized spacial score (nSPS) is 15.0. The Bertz CT molecular complexity index is 812. The first-order valence-electron chi connectivity index (χ1n) is 6.66. The van der Waals surface area contributed by atoms with E-state index in [2.05, 4.69) is 0 Å². The van der Waals surface area contributed by atoms with Gasteiger partial charge >= 0.3 is 0 Å². The third kappa shape index (κ3) is 2.31. The number of hydrogen-bond donors (Lipinski definition) is 2. The minimum absolute atomic E-state index is 0.00753. The minimum Gasteiger partial charge on any atom is -0.508 e. The van der Waals surface area contributed by atoms with Crippen molar-refractivity contribution in [1.29, 1.82) is 0 Å². The number of phenolic OH excluding ortho intramolecular Hbond substituents is 1. The van der Waals surface area contributed by atoms with Crippen molar-refractivity contribution in [2.75, 3.05) is 0 Å². The molecule has 0 fully saturated rings. The van der Waals surface area contributed by atoms with Gasteiger partial charge in [0.05, 0.1) is 5.57 Å². The maximum Gasteiger partial charge on any atom is 0.228 e. The number of rotatable bonds is 2. The van der Waals surface area contributed by atoms with Crippen LogP contribution in [0.2, 0.25) is 0 Å². The maximum atomic E-state index is 12.3. The minimum atomic E-state index is -0.607. The summed E-state index contributed by atoms with van der Waals surface area (Å²) < 4.78 is 0. The lowest BCUT2D eigenvalue weighted by Crippen LogP contribution is -2.17. The highest BCUT2D eigenvalue weighted by Gasteiger charge is 2.29.